The maximum atomic E-state index is 12.2. The summed E-state index contributed by atoms with van der Waals surface area (Å²) in [4.78, 5) is 25.1. The van der Waals surface area contributed by atoms with Gasteiger partial charge in [-0.25, -0.2) is 4.79 Å². The molecule has 26 heavy (non-hydrogen) atoms. The number of carbonyl (C=O) groups excluding carboxylic acids is 1. The van der Waals surface area contributed by atoms with Crippen molar-refractivity contribution in [3.8, 4) is 5.75 Å². The van der Waals surface area contributed by atoms with Gasteiger partial charge in [0.2, 0.25) is 5.91 Å². The lowest BCUT2D eigenvalue weighted by Crippen LogP contribution is -2.29. The summed E-state index contributed by atoms with van der Waals surface area (Å²) in [6.07, 6.45) is 1.38. The second-order valence-electron chi connectivity index (χ2n) is 5.94. The first-order valence-corrected chi connectivity index (χ1v) is 8.78. The van der Waals surface area contributed by atoms with Crippen molar-refractivity contribution < 1.29 is 19.4 Å². The van der Waals surface area contributed by atoms with Crippen molar-refractivity contribution in [2.45, 2.75) is 19.3 Å². The lowest BCUT2D eigenvalue weighted by molar-refractivity contribution is -0.129. The van der Waals surface area contributed by atoms with E-state index >= 15 is 0 Å². The molecule has 0 saturated heterocycles. The highest BCUT2D eigenvalue weighted by Crippen LogP contribution is 2.17. The Hall–Kier alpha value is -2.53. The van der Waals surface area contributed by atoms with E-state index in [-0.39, 0.29) is 17.9 Å². The summed E-state index contributed by atoms with van der Waals surface area (Å²) in [7, 11) is 1.74. The molecule has 0 saturated carbocycles. The van der Waals surface area contributed by atoms with E-state index in [2.05, 4.69) is 0 Å². The molecule has 2 aromatic rings. The van der Waals surface area contributed by atoms with Gasteiger partial charge in [-0.05, 0) is 42.7 Å². The van der Waals surface area contributed by atoms with Crippen molar-refractivity contribution in [2.24, 2.45) is 0 Å². The number of aryl methyl sites for hydroxylation is 1. The van der Waals surface area contributed by atoms with E-state index in [4.69, 9.17) is 16.3 Å². The minimum atomic E-state index is -0.973. The third kappa shape index (κ3) is 6.08. The zero-order valence-corrected chi connectivity index (χ0v) is 15.4. The minimum Gasteiger partial charge on any atom is -0.493 e. The first-order valence-electron chi connectivity index (χ1n) is 8.41. The lowest BCUT2D eigenvalue weighted by atomic mass is 10.0. The predicted molar refractivity (Wildman–Crippen MR) is 101 cm³/mol. The number of rotatable bonds is 9. The molecule has 0 spiro atoms. The average Bonchev–Trinajstić information content (AvgIpc) is 2.63. The number of benzene rings is 2. The van der Waals surface area contributed by atoms with E-state index in [1.165, 1.54) is 0 Å². The Bertz CT molecular complexity index is 763. The van der Waals surface area contributed by atoms with Gasteiger partial charge in [-0.15, -0.1) is 0 Å². The molecule has 6 heteroatoms. The fourth-order valence-corrected chi connectivity index (χ4v) is 2.73. The average molecular weight is 376 g/mol. The Morgan fingerprint density at radius 2 is 1.92 bits per heavy atom. The highest BCUT2D eigenvalue weighted by Gasteiger charge is 2.13. The number of ether oxygens (including phenoxy) is 1. The van der Waals surface area contributed by atoms with Gasteiger partial charge >= 0.3 is 5.97 Å². The molecule has 0 fully saturated rings. The van der Waals surface area contributed by atoms with Crippen LogP contribution in [-0.4, -0.2) is 42.1 Å². The Kier molecular flexibility index (Phi) is 7.48. The quantitative estimate of drug-likeness (QED) is 0.675. The number of carboxylic acid groups (broad SMARTS) is 1. The Labute approximate surface area is 158 Å². The number of hydrogen-bond donors (Lipinski definition) is 1. The van der Waals surface area contributed by atoms with Crippen LogP contribution < -0.4 is 4.74 Å². The molecule has 0 aliphatic rings. The van der Waals surface area contributed by atoms with Crippen LogP contribution >= 0.6 is 11.6 Å². The minimum absolute atomic E-state index is 0.0204. The molecule has 138 valence electrons. The van der Waals surface area contributed by atoms with E-state index in [1.54, 1.807) is 48.3 Å². The number of carboxylic acids is 1. The van der Waals surface area contributed by atoms with Gasteiger partial charge in [-0.1, -0.05) is 35.9 Å². The molecule has 1 N–H and O–H groups in total. The molecule has 0 heterocycles. The second kappa shape index (κ2) is 9.82. The van der Waals surface area contributed by atoms with Gasteiger partial charge in [0.1, 0.15) is 5.75 Å². The predicted octanol–water partition coefficient (Wildman–Crippen LogP) is 3.90. The summed E-state index contributed by atoms with van der Waals surface area (Å²) in [5, 5.41) is 9.80. The molecule has 0 radical (unpaired) electrons. The molecule has 0 aromatic heterocycles. The topological polar surface area (TPSA) is 66.8 Å². The van der Waals surface area contributed by atoms with Crippen LogP contribution in [0.15, 0.2) is 48.5 Å². The van der Waals surface area contributed by atoms with Gasteiger partial charge in [0, 0.05) is 25.0 Å². The van der Waals surface area contributed by atoms with Gasteiger partial charge < -0.3 is 14.7 Å². The number of aromatic carboxylic acids is 1. The summed E-state index contributed by atoms with van der Waals surface area (Å²) < 4.78 is 5.60. The molecule has 0 aliphatic heterocycles. The molecule has 0 aliphatic carbocycles. The van der Waals surface area contributed by atoms with E-state index in [9.17, 15) is 14.7 Å². The first kappa shape index (κ1) is 19.8. The van der Waals surface area contributed by atoms with E-state index in [0.717, 1.165) is 0 Å². The standard InChI is InChI=1S/C20H22ClNO4/c1-22(12-5-13-26-17-8-4-7-16(21)14-17)19(23)11-10-15-6-2-3-9-18(15)20(24)25/h2-4,6-9,14H,5,10-13H2,1H3,(H,24,25). The maximum Gasteiger partial charge on any atom is 0.335 e. The molecule has 5 nitrogen and oxygen atoms in total. The highest BCUT2D eigenvalue weighted by molar-refractivity contribution is 6.30. The maximum absolute atomic E-state index is 12.2. The van der Waals surface area contributed by atoms with E-state index < -0.39 is 5.97 Å². The van der Waals surface area contributed by atoms with Crippen LogP contribution in [0.2, 0.25) is 5.02 Å². The van der Waals surface area contributed by atoms with Crippen LogP contribution in [0, 0.1) is 0 Å². The van der Waals surface area contributed by atoms with Crippen molar-refractivity contribution in [3.05, 3.63) is 64.7 Å². The number of halogens is 1. The van der Waals surface area contributed by atoms with E-state index in [0.29, 0.717) is 42.3 Å². The van der Waals surface area contributed by atoms with E-state index in [1.807, 2.05) is 12.1 Å². The van der Waals surface area contributed by atoms with Crippen LogP contribution in [0.25, 0.3) is 0 Å². The van der Waals surface area contributed by atoms with Crippen molar-refractivity contribution in [2.75, 3.05) is 20.2 Å². The summed E-state index contributed by atoms with van der Waals surface area (Å²) in [5.41, 5.74) is 0.920. The van der Waals surface area contributed by atoms with Crippen molar-refractivity contribution in [1.29, 1.82) is 0 Å². The molecule has 0 atom stereocenters. The fraction of sp³-hybridized carbons (Fsp3) is 0.300. The fourth-order valence-electron chi connectivity index (χ4n) is 2.55. The zero-order chi connectivity index (χ0) is 18.9. The third-order valence-corrected chi connectivity index (χ3v) is 4.22. The van der Waals surface area contributed by atoms with Crippen molar-refractivity contribution in [1.82, 2.24) is 4.90 Å². The summed E-state index contributed by atoms with van der Waals surface area (Å²) in [5.74, 6) is -0.288. The molecule has 2 aromatic carbocycles. The third-order valence-electron chi connectivity index (χ3n) is 3.98. The van der Waals surface area contributed by atoms with Crippen LogP contribution in [-0.2, 0) is 11.2 Å². The molecule has 2 rings (SSSR count). The number of hydrogen-bond acceptors (Lipinski definition) is 3. The Morgan fingerprint density at radius 3 is 2.65 bits per heavy atom. The SMILES string of the molecule is CN(CCCOc1cccc(Cl)c1)C(=O)CCc1ccccc1C(=O)O. The Balaban J connectivity index is 1.73. The molecule has 0 unspecified atom stereocenters. The zero-order valence-electron chi connectivity index (χ0n) is 14.7. The van der Waals surface area contributed by atoms with Crippen molar-refractivity contribution in [3.63, 3.8) is 0 Å². The van der Waals surface area contributed by atoms with Gasteiger partial charge in [-0.3, -0.25) is 4.79 Å². The second-order valence-corrected chi connectivity index (χ2v) is 6.37. The number of carbonyl (C=O) groups is 2. The molecule has 0 bridgehead atoms. The monoisotopic (exact) mass is 375 g/mol. The summed E-state index contributed by atoms with van der Waals surface area (Å²) in [6, 6.07) is 13.9. The molecular weight excluding hydrogens is 354 g/mol. The lowest BCUT2D eigenvalue weighted by Gasteiger charge is -2.17. The van der Waals surface area contributed by atoms with Crippen LogP contribution in [0.5, 0.6) is 5.75 Å². The molecular formula is C20H22ClNO4. The van der Waals surface area contributed by atoms with Gasteiger partial charge in [0.25, 0.3) is 0 Å². The van der Waals surface area contributed by atoms with Gasteiger partial charge in [0.05, 0.1) is 12.2 Å². The van der Waals surface area contributed by atoms with Gasteiger partial charge in [-0.2, -0.15) is 0 Å². The number of nitrogens with zero attached hydrogens (tertiary/aromatic N) is 1. The normalized spacial score (nSPS) is 10.4. The first-order chi connectivity index (χ1) is 12.5. The summed E-state index contributed by atoms with van der Waals surface area (Å²) >= 11 is 5.90. The Morgan fingerprint density at radius 1 is 1.15 bits per heavy atom. The van der Waals surface area contributed by atoms with Crippen LogP contribution in [0.3, 0.4) is 0 Å². The van der Waals surface area contributed by atoms with Crippen molar-refractivity contribution >= 4 is 23.5 Å². The largest absolute Gasteiger partial charge is 0.493 e. The van der Waals surface area contributed by atoms with Crippen LogP contribution in [0.4, 0.5) is 0 Å². The summed E-state index contributed by atoms with van der Waals surface area (Å²) in [6.45, 7) is 1.06. The molecule has 1 amide bonds. The van der Waals surface area contributed by atoms with Gasteiger partial charge in [0.15, 0.2) is 0 Å². The smallest absolute Gasteiger partial charge is 0.335 e. The van der Waals surface area contributed by atoms with Crippen LogP contribution in [0.1, 0.15) is 28.8 Å². The highest BCUT2D eigenvalue weighted by atomic mass is 35.5. The number of amides is 1.